The molecule has 2 rings (SSSR count). The van der Waals surface area contributed by atoms with Gasteiger partial charge >= 0.3 is 0 Å². The molecule has 1 aromatic heterocycles. The predicted molar refractivity (Wildman–Crippen MR) is 79.1 cm³/mol. The number of nitrogens with one attached hydrogen (secondary N) is 1. The molecule has 0 bridgehead atoms. The summed E-state index contributed by atoms with van der Waals surface area (Å²) in [4.78, 5) is 11.3. The van der Waals surface area contributed by atoms with Crippen molar-refractivity contribution < 1.29 is 0 Å². The van der Waals surface area contributed by atoms with E-state index < -0.39 is 0 Å². The molecule has 19 heavy (non-hydrogen) atoms. The number of aryl methyl sites for hydroxylation is 1. The summed E-state index contributed by atoms with van der Waals surface area (Å²) in [5, 5.41) is 0. The van der Waals surface area contributed by atoms with Crippen LogP contribution in [-0.4, -0.2) is 23.1 Å². The fourth-order valence-corrected chi connectivity index (χ4v) is 2.83. The van der Waals surface area contributed by atoms with Crippen molar-refractivity contribution in [2.75, 3.05) is 23.4 Å². The Morgan fingerprint density at radius 1 is 1.32 bits per heavy atom. The lowest BCUT2D eigenvalue weighted by atomic mass is 9.82. The summed E-state index contributed by atoms with van der Waals surface area (Å²) in [5.74, 6) is 8.04. The van der Waals surface area contributed by atoms with E-state index >= 15 is 0 Å². The van der Waals surface area contributed by atoms with Gasteiger partial charge in [0.1, 0.15) is 17.5 Å². The Labute approximate surface area is 115 Å². The molecule has 5 heteroatoms. The largest absolute Gasteiger partial charge is 0.356 e. The number of nitrogens with zero attached hydrogens (tertiary/aromatic N) is 3. The molecule has 0 amide bonds. The van der Waals surface area contributed by atoms with Crippen molar-refractivity contribution >= 4 is 11.6 Å². The van der Waals surface area contributed by atoms with E-state index in [0.29, 0.717) is 11.2 Å². The van der Waals surface area contributed by atoms with Crippen LogP contribution in [0.5, 0.6) is 0 Å². The molecule has 1 fully saturated rings. The summed E-state index contributed by atoms with van der Waals surface area (Å²) in [7, 11) is 0. The maximum Gasteiger partial charge on any atom is 0.145 e. The van der Waals surface area contributed by atoms with Crippen LogP contribution in [0.2, 0.25) is 0 Å². The van der Waals surface area contributed by atoms with Gasteiger partial charge in [0.2, 0.25) is 0 Å². The standard InChI is InChI=1S/C14H25N5/c1-4-11-16-12(18-15)9-13(17-11)19-8-7-14(5-2,6-3)10-19/h9H,4-8,10,15H2,1-3H3,(H,16,17,18). The van der Waals surface area contributed by atoms with Gasteiger partial charge in [-0.15, -0.1) is 0 Å². The van der Waals surface area contributed by atoms with Crippen LogP contribution in [0.4, 0.5) is 11.6 Å². The second kappa shape index (κ2) is 5.74. The molecule has 3 N–H and O–H groups in total. The van der Waals surface area contributed by atoms with Crippen LogP contribution in [0.3, 0.4) is 0 Å². The molecule has 2 heterocycles. The molecule has 1 aliphatic rings. The third-order valence-electron chi connectivity index (χ3n) is 4.49. The van der Waals surface area contributed by atoms with Crippen LogP contribution in [0.1, 0.15) is 45.9 Å². The molecule has 0 unspecified atom stereocenters. The number of nitrogen functional groups attached to an aromatic ring is 1. The highest BCUT2D eigenvalue weighted by atomic mass is 15.3. The van der Waals surface area contributed by atoms with E-state index in [1.165, 1.54) is 19.3 Å². The Balaban J connectivity index is 2.23. The van der Waals surface area contributed by atoms with Gasteiger partial charge in [-0.3, -0.25) is 0 Å². The van der Waals surface area contributed by atoms with Crippen LogP contribution >= 0.6 is 0 Å². The summed E-state index contributed by atoms with van der Waals surface area (Å²) < 4.78 is 0. The molecule has 0 spiro atoms. The van der Waals surface area contributed by atoms with E-state index in [2.05, 4.69) is 41.1 Å². The molecular formula is C14H25N5. The Morgan fingerprint density at radius 3 is 2.58 bits per heavy atom. The van der Waals surface area contributed by atoms with Crippen molar-refractivity contribution in [3.63, 3.8) is 0 Å². The number of rotatable bonds is 5. The van der Waals surface area contributed by atoms with Gasteiger partial charge in [0.25, 0.3) is 0 Å². The average molecular weight is 263 g/mol. The third kappa shape index (κ3) is 2.81. The van der Waals surface area contributed by atoms with Gasteiger partial charge in [0.05, 0.1) is 0 Å². The lowest BCUT2D eigenvalue weighted by Crippen LogP contribution is -2.27. The van der Waals surface area contributed by atoms with E-state index in [1.807, 2.05) is 6.07 Å². The molecule has 1 saturated heterocycles. The van der Waals surface area contributed by atoms with Gasteiger partial charge in [-0.1, -0.05) is 20.8 Å². The molecule has 0 saturated carbocycles. The van der Waals surface area contributed by atoms with E-state index in [4.69, 9.17) is 5.84 Å². The number of hydrogen-bond donors (Lipinski definition) is 2. The van der Waals surface area contributed by atoms with Crippen molar-refractivity contribution in [2.45, 2.75) is 46.5 Å². The van der Waals surface area contributed by atoms with Crippen molar-refractivity contribution in [1.29, 1.82) is 0 Å². The van der Waals surface area contributed by atoms with Gasteiger partial charge < -0.3 is 10.3 Å². The van der Waals surface area contributed by atoms with E-state index in [1.54, 1.807) is 0 Å². The zero-order valence-corrected chi connectivity index (χ0v) is 12.2. The first kappa shape index (κ1) is 14.1. The first-order valence-corrected chi connectivity index (χ1v) is 7.26. The highest BCUT2D eigenvalue weighted by Gasteiger charge is 2.35. The van der Waals surface area contributed by atoms with Gasteiger partial charge in [-0.05, 0) is 24.7 Å². The molecule has 1 aromatic rings. The number of anilines is 2. The maximum atomic E-state index is 5.49. The Morgan fingerprint density at radius 2 is 2.05 bits per heavy atom. The van der Waals surface area contributed by atoms with E-state index in [0.717, 1.165) is 31.2 Å². The smallest absolute Gasteiger partial charge is 0.145 e. The van der Waals surface area contributed by atoms with Gasteiger partial charge in [-0.2, -0.15) is 0 Å². The molecule has 1 aliphatic heterocycles. The van der Waals surface area contributed by atoms with Crippen LogP contribution in [0.25, 0.3) is 0 Å². The minimum atomic E-state index is 0.452. The molecule has 5 nitrogen and oxygen atoms in total. The van der Waals surface area contributed by atoms with Crippen LogP contribution in [-0.2, 0) is 6.42 Å². The first-order chi connectivity index (χ1) is 9.16. The van der Waals surface area contributed by atoms with E-state index in [9.17, 15) is 0 Å². The van der Waals surface area contributed by atoms with Crippen molar-refractivity contribution in [2.24, 2.45) is 11.3 Å². The quantitative estimate of drug-likeness (QED) is 0.630. The van der Waals surface area contributed by atoms with Crippen LogP contribution in [0.15, 0.2) is 6.07 Å². The number of nitrogens with two attached hydrogens (primary N) is 1. The topological polar surface area (TPSA) is 67.1 Å². The van der Waals surface area contributed by atoms with Crippen LogP contribution in [0, 0.1) is 5.41 Å². The second-order valence-corrected chi connectivity index (χ2v) is 5.40. The van der Waals surface area contributed by atoms with Gasteiger partial charge in [0, 0.05) is 25.6 Å². The predicted octanol–water partition coefficient (Wildman–Crippen LogP) is 2.34. The van der Waals surface area contributed by atoms with Crippen molar-refractivity contribution in [1.82, 2.24) is 9.97 Å². The molecule has 0 aliphatic carbocycles. The summed E-state index contributed by atoms with van der Waals surface area (Å²) in [6.07, 6.45) is 4.53. The number of aromatic nitrogens is 2. The zero-order valence-electron chi connectivity index (χ0n) is 12.2. The fourth-order valence-electron chi connectivity index (χ4n) is 2.83. The average Bonchev–Trinajstić information content (AvgIpc) is 2.92. The van der Waals surface area contributed by atoms with Crippen LogP contribution < -0.4 is 16.2 Å². The Bertz CT molecular complexity index is 406. The van der Waals surface area contributed by atoms with E-state index in [-0.39, 0.29) is 0 Å². The molecular weight excluding hydrogens is 238 g/mol. The monoisotopic (exact) mass is 263 g/mol. The van der Waals surface area contributed by atoms with Crippen molar-refractivity contribution in [3.8, 4) is 0 Å². The lowest BCUT2D eigenvalue weighted by molar-refractivity contribution is 0.301. The fraction of sp³-hybridized carbons (Fsp3) is 0.714. The summed E-state index contributed by atoms with van der Waals surface area (Å²) in [6, 6.07) is 1.94. The first-order valence-electron chi connectivity index (χ1n) is 7.26. The highest BCUT2D eigenvalue weighted by Crippen LogP contribution is 2.38. The maximum absolute atomic E-state index is 5.49. The minimum Gasteiger partial charge on any atom is -0.356 e. The van der Waals surface area contributed by atoms with Gasteiger partial charge in [0.15, 0.2) is 0 Å². The number of hydrazine groups is 1. The van der Waals surface area contributed by atoms with Gasteiger partial charge in [-0.25, -0.2) is 15.8 Å². The third-order valence-corrected chi connectivity index (χ3v) is 4.49. The zero-order chi connectivity index (χ0) is 13.9. The summed E-state index contributed by atoms with van der Waals surface area (Å²) in [5.41, 5.74) is 3.09. The molecule has 0 aromatic carbocycles. The highest BCUT2D eigenvalue weighted by molar-refractivity contribution is 5.49. The Kier molecular flexibility index (Phi) is 4.24. The summed E-state index contributed by atoms with van der Waals surface area (Å²) >= 11 is 0. The molecule has 0 radical (unpaired) electrons. The SMILES string of the molecule is CCc1nc(NN)cc(N2CCC(CC)(CC)C2)n1. The molecule has 106 valence electrons. The van der Waals surface area contributed by atoms with Crippen molar-refractivity contribution in [3.05, 3.63) is 11.9 Å². The Hall–Kier alpha value is -1.36. The lowest BCUT2D eigenvalue weighted by Gasteiger charge is -2.27. The normalized spacial score (nSPS) is 17.8. The minimum absolute atomic E-state index is 0.452. The number of hydrogen-bond acceptors (Lipinski definition) is 5. The second-order valence-electron chi connectivity index (χ2n) is 5.40. The molecule has 0 atom stereocenters. The summed E-state index contributed by atoms with van der Waals surface area (Å²) in [6.45, 7) is 8.80.